The molecule has 0 bridgehead atoms. The lowest BCUT2D eigenvalue weighted by atomic mass is 9.92. The molecular weight excluding hydrogens is 212 g/mol. The van der Waals surface area contributed by atoms with E-state index in [-0.39, 0.29) is 11.6 Å². The summed E-state index contributed by atoms with van der Waals surface area (Å²) >= 11 is 0. The first-order chi connectivity index (χ1) is 7.91. The van der Waals surface area contributed by atoms with Gasteiger partial charge in [0.25, 0.3) is 0 Å². The first-order valence-electron chi connectivity index (χ1n) is 6.28. The van der Waals surface area contributed by atoms with Crippen LogP contribution in [0.3, 0.4) is 0 Å². The van der Waals surface area contributed by atoms with Crippen LogP contribution in [-0.2, 0) is 9.59 Å². The molecule has 1 aliphatic carbocycles. The first-order valence-corrected chi connectivity index (χ1v) is 6.28. The van der Waals surface area contributed by atoms with E-state index in [2.05, 4.69) is 6.58 Å². The normalized spacial score (nSPS) is 21.4. The van der Waals surface area contributed by atoms with Crippen LogP contribution in [0.2, 0.25) is 0 Å². The van der Waals surface area contributed by atoms with Gasteiger partial charge in [0.05, 0.1) is 0 Å². The maximum absolute atomic E-state index is 12.1. The van der Waals surface area contributed by atoms with E-state index < -0.39 is 0 Å². The van der Waals surface area contributed by atoms with Gasteiger partial charge in [-0.15, -0.1) is 0 Å². The Morgan fingerprint density at radius 2 is 2.06 bits per heavy atom. The number of hydrogen-bond acceptors (Lipinski definition) is 2. The number of Topliss-reactive ketones (excluding diaryl/α,β-unsaturated/α-hetero) is 2. The maximum Gasteiger partial charge on any atom is 0.159 e. The van der Waals surface area contributed by atoms with Crippen molar-refractivity contribution in [1.29, 1.82) is 0 Å². The molecule has 94 valence electrons. The van der Waals surface area contributed by atoms with Crippen LogP contribution in [0.1, 0.15) is 52.9 Å². The summed E-state index contributed by atoms with van der Waals surface area (Å²) in [7, 11) is 0. The molecule has 0 aromatic rings. The lowest BCUT2D eigenvalue weighted by Crippen LogP contribution is -2.10. The van der Waals surface area contributed by atoms with Crippen molar-refractivity contribution in [3.8, 4) is 0 Å². The molecule has 0 N–H and O–H groups in total. The molecule has 1 atom stereocenters. The van der Waals surface area contributed by atoms with Gasteiger partial charge < -0.3 is 4.79 Å². The Labute approximate surface area is 104 Å². The summed E-state index contributed by atoms with van der Waals surface area (Å²) in [6, 6.07) is 0. The molecule has 0 spiro atoms. The fourth-order valence-electron chi connectivity index (χ4n) is 2.30. The predicted octanol–water partition coefficient (Wildman–Crippen LogP) is 3.62. The molecule has 2 nitrogen and oxygen atoms in total. The standard InChI is InChI=1S/C15H22O2/c1-10(2)13-7-5-11(3)14(15(17)9-13)8-6-12(4)16/h13H,1,5-9H2,2-4H3. The highest BCUT2D eigenvalue weighted by Crippen LogP contribution is 2.30. The molecule has 0 aromatic carbocycles. The van der Waals surface area contributed by atoms with Crippen LogP contribution >= 0.6 is 0 Å². The number of ketones is 2. The summed E-state index contributed by atoms with van der Waals surface area (Å²) in [5.41, 5.74) is 3.16. The van der Waals surface area contributed by atoms with Crippen LogP contribution in [0.25, 0.3) is 0 Å². The Morgan fingerprint density at radius 3 is 2.59 bits per heavy atom. The average Bonchev–Trinajstić information content (AvgIpc) is 2.36. The number of rotatable bonds is 4. The van der Waals surface area contributed by atoms with Crippen LogP contribution in [0.4, 0.5) is 0 Å². The fourth-order valence-corrected chi connectivity index (χ4v) is 2.30. The molecule has 17 heavy (non-hydrogen) atoms. The Morgan fingerprint density at radius 1 is 1.41 bits per heavy atom. The fraction of sp³-hybridized carbons (Fsp3) is 0.600. The zero-order valence-electron chi connectivity index (χ0n) is 11.1. The monoisotopic (exact) mass is 234 g/mol. The van der Waals surface area contributed by atoms with Crippen LogP contribution in [0.5, 0.6) is 0 Å². The summed E-state index contributed by atoms with van der Waals surface area (Å²) < 4.78 is 0. The molecule has 1 rings (SSSR count). The van der Waals surface area contributed by atoms with Gasteiger partial charge in [-0.3, -0.25) is 4.79 Å². The average molecular weight is 234 g/mol. The highest BCUT2D eigenvalue weighted by Gasteiger charge is 2.23. The van der Waals surface area contributed by atoms with Gasteiger partial charge in [0.2, 0.25) is 0 Å². The second-order valence-corrected chi connectivity index (χ2v) is 5.17. The minimum Gasteiger partial charge on any atom is -0.300 e. The van der Waals surface area contributed by atoms with Gasteiger partial charge in [0.15, 0.2) is 5.78 Å². The van der Waals surface area contributed by atoms with Crippen molar-refractivity contribution in [2.75, 3.05) is 0 Å². The highest BCUT2D eigenvalue weighted by molar-refractivity contribution is 5.97. The first kappa shape index (κ1) is 13.9. The zero-order chi connectivity index (χ0) is 13.0. The van der Waals surface area contributed by atoms with Gasteiger partial charge in [0, 0.05) is 12.8 Å². The van der Waals surface area contributed by atoms with Crippen molar-refractivity contribution in [1.82, 2.24) is 0 Å². The van der Waals surface area contributed by atoms with Crippen molar-refractivity contribution in [2.24, 2.45) is 5.92 Å². The maximum atomic E-state index is 12.1. The third kappa shape index (κ3) is 3.95. The van der Waals surface area contributed by atoms with E-state index in [0.29, 0.717) is 25.2 Å². The highest BCUT2D eigenvalue weighted by atomic mass is 16.1. The number of carbonyl (C=O) groups excluding carboxylic acids is 2. The summed E-state index contributed by atoms with van der Waals surface area (Å²) in [5.74, 6) is 0.681. The SMILES string of the molecule is C=C(C)C1CCC(C)=C(CCC(C)=O)C(=O)C1. The molecule has 0 aromatic heterocycles. The number of allylic oxidation sites excluding steroid dienone is 3. The molecule has 0 aliphatic heterocycles. The Bertz CT molecular complexity index is 374. The summed E-state index contributed by atoms with van der Waals surface area (Å²) in [4.78, 5) is 23.2. The predicted molar refractivity (Wildman–Crippen MR) is 69.8 cm³/mol. The largest absolute Gasteiger partial charge is 0.300 e. The van der Waals surface area contributed by atoms with E-state index in [4.69, 9.17) is 0 Å². The minimum absolute atomic E-state index is 0.152. The smallest absolute Gasteiger partial charge is 0.159 e. The van der Waals surface area contributed by atoms with E-state index in [1.165, 1.54) is 5.57 Å². The lowest BCUT2D eigenvalue weighted by molar-refractivity contribution is -0.117. The second-order valence-electron chi connectivity index (χ2n) is 5.17. The van der Waals surface area contributed by atoms with Crippen molar-refractivity contribution in [3.05, 3.63) is 23.3 Å². The van der Waals surface area contributed by atoms with Crippen LogP contribution < -0.4 is 0 Å². The van der Waals surface area contributed by atoms with Crippen LogP contribution in [0, 0.1) is 5.92 Å². The van der Waals surface area contributed by atoms with Gasteiger partial charge in [-0.1, -0.05) is 17.7 Å². The van der Waals surface area contributed by atoms with Gasteiger partial charge in [-0.2, -0.15) is 0 Å². The van der Waals surface area contributed by atoms with Crippen molar-refractivity contribution in [2.45, 2.75) is 52.9 Å². The van der Waals surface area contributed by atoms with Gasteiger partial charge in [-0.05, 0) is 51.5 Å². The molecule has 0 radical (unpaired) electrons. The molecule has 0 amide bonds. The van der Waals surface area contributed by atoms with E-state index in [1.807, 2.05) is 13.8 Å². The molecule has 0 saturated carbocycles. The molecule has 0 heterocycles. The van der Waals surface area contributed by atoms with Gasteiger partial charge >= 0.3 is 0 Å². The van der Waals surface area contributed by atoms with Gasteiger partial charge in [0.1, 0.15) is 5.78 Å². The molecule has 1 aliphatic rings. The van der Waals surface area contributed by atoms with Crippen molar-refractivity contribution >= 4 is 11.6 Å². The summed E-state index contributed by atoms with van der Waals surface area (Å²) in [5, 5.41) is 0. The summed E-state index contributed by atoms with van der Waals surface area (Å²) in [6.45, 7) is 9.55. The zero-order valence-corrected chi connectivity index (χ0v) is 11.1. The van der Waals surface area contributed by atoms with Gasteiger partial charge in [-0.25, -0.2) is 0 Å². The Hall–Kier alpha value is -1.18. The van der Waals surface area contributed by atoms with E-state index in [1.54, 1.807) is 6.92 Å². The van der Waals surface area contributed by atoms with Crippen molar-refractivity contribution in [3.63, 3.8) is 0 Å². The molecular formula is C15H22O2. The van der Waals surface area contributed by atoms with Crippen LogP contribution in [-0.4, -0.2) is 11.6 Å². The molecule has 1 unspecified atom stereocenters. The van der Waals surface area contributed by atoms with E-state index in [0.717, 1.165) is 24.0 Å². The molecule has 0 saturated heterocycles. The van der Waals surface area contributed by atoms with E-state index >= 15 is 0 Å². The van der Waals surface area contributed by atoms with E-state index in [9.17, 15) is 9.59 Å². The number of hydrogen-bond donors (Lipinski definition) is 0. The second kappa shape index (κ2) is 5.95. The Balaban J connectivity index is 2.77. The molecule has 0 fully saturated rings. The third-order valence-corrected chi connectivity index (χ3v) is 3.58. The lowest BCUT2D eigenvalue weighted by Gasteiger charge is -2.12. The molecule has 2 heteroatoms. The number of carbonyl (C=O) groups is 2. The van der Waals surface area contributed by atoms with Crippen molar-refractivity contribution < 1.29 is 9.59 Å². The topological polar surface area (TPSA) is 34.1 Å². The quantitative estimate of drug-likeness (QED) is 0.696. The van der Waals surface area contributed by atoms with Crippen LogP contribution in [0.15, 0.2) is 23.3 Å². The summed E-state index contributed by atoms with van der Waals surface area (Å²) in [6.07, 6.45) is 3.63. The third-order valence-electron chi connectivity index (χ3n) is 3.58. The minimum atomic E-state index is 0.152. The Kier molecular flexibility index (Phi) is 4.86.